The Morgan fingerprint density at radius 1 is 1.00 bits per heavy atom. The Balaban J connectivity index is 1.40. The molecule has 2 aromatic carbocycles. The summed E-state index contributed by atoms with van der Waals surface area (Å²) in [5, 5.41) is 4.12. The van der Waals surface area contributed by atoms with Crippen molar-refractivity contribution < 1.29 is 32.4 Å². The molecular weight excluding hydrogens is 460 g/mol. The molecule has 0 saturated heterocycles. The molecule has 0 saturated carbocycles. The molecule has 176 valence electrons. The second kappa shape index (κ2) is 10.3. The van der Waals surface area contributed by atoms with Gasteiger partial charge in [0.05, 0.1) is 11.9 Å². The lowest BCUT2D eigenvalue weighted by atomic mass is 10.0. The van der Waals surface area contributed by atoms with Gasteiger partial charge in [-0.2, -0.15) is 0 Å². The third-order valence-electron chi connectivity index (χ3n) is 5.30. The van der Waals surface area contributed by atoms with Crippen LogP contribution in [-0.2, 0) is 35.1 Å². The molecule has 0 fully saturated rings. The summed E-state index contributed by atoms with van der Waals surface area (Å²) in [5.41, 5.74) is 10.5. The van der Waals surface area contributed by atoms with E-state index in [1.807, 2.05) is 18.2 Å². The molecule has 0 aliphatic heterocycles. The van der Waals surface area contributed by atoms with Crippen LogP contribution in [0.3, 0.4) is 0 Å². The van der Waals surface area contributed by atoms with Gasteiger partial charge in [-0.05, 0) is 53.8 Å². The molecule has 8 nitrogen and oxygen atoms in total. The summed E-state index contributed by atoms with van der Waals surface area (Å²) in [4.78, 5) is 17.8. The Bertz CT molecular complexity index is 1320. The van der Waals surface area contributed by atoms with E-state index < -0.39 is 14.6 Å². The van der Waals surface area contributed by atoms with E-state index in [-0.39, 0.29) is 11.6 Å². The molecule has 4 rings (SSSR count). The summed E-state index contributed by atoms with van der Waals surface area (Å²) in [6.45, 7) is -0.406. The number of hydrogen-bond donors (Lipinski definition) is 3. The monoisotopic (exact) mass is 484 g/mol. The molecule has 0 amide bonds. The lowest BCUT2D eigenvalue weighted by Gasteiger charge is -2.07. The maximum atomic E-state index is 13.3. The summed E-state index contributed by atoms with van der Waals surface area (Å²) in [6, 6.07) is 20.0. The molecule has 2 heterocycles. The average Bonchev–Trinajstić information content (AvgIpc) is 3.25. The van der Waals surface area contributed by atoms with E-state index in [9.17, 15) is 8.96 Å². The van der Waals surface area contributed by atoms with Gasteiger partial charge in [0.15, 0.2) is 5.76 Å². The van der Waals surface area contributed by atoms with E-state index in [1.54, 1.807) is 36.5 Å². The number of phosphoric ester groups is 1. The number of pyridine rings is 1. The third-order valence-corrected chi connectivity index (χ3v) is 5.76. The molecule has 0 radical (unpaired) electrons. The zero-order chi connectivity index (χ0) is 24.1. The first-order chi connectivity index (χ1) is 16.3. The number of nitrogen functional groups attached to an aromatic ring is 1. The minimum absolute atomic E-state index is 0.221. The van der Waals surface area contributed by atoms with Gasteiger partial charge in [-0.3, -0.25) is 5.73 Å². The second-order valence-corrected chi connectivity index (χ2v) is 9.07. The Hall–Kier alpha value is -3.36. The Kier molecular flexibility index (Phi) is 7.19. The number of nitrogens with two attached hydrogens (primary N) is 1. The smallest absolute Gasteiger partial charge is 0.356 e. The lowest BCUT2D eigenvalue weighted by Crippen LogP contribution is -2.38. The first-order valence-corrected chi connectivity index (χ1v) is 12.1. The molecule has 0 bridgehead atoms. The standard InChI is InChI=1S/C24H23FN3O5P/c25-20-4-1-3-18(13-20)9-6-17-7-10-19(11-8-17)14-21-15-23(33-27-21)22-5-2-12-28(24(22)26)16-32-34(29,30)31/h1-5,7-8,10-13,15,26H,6,9,14,16H2,(H2,29,30,31)/p+1. The van der Waals surface area contributed by atoms with Gasteiger partial charge in [-0.1, -0.05) is 41.6 Å². The van der Waals surface area contributed by atoms with Crippen LogP contribution in [0.25, 0.3) is 11.3 Å². The quantitative estimate of drug-likeness (QED) is 0.244. The number of benzene rings is 2. The fourth-order valence-electron chi connectivity index (χ4n) is 3.56. The van der Waals surface area contributed by atoms with E-state index in [1.165, 1.54) is 10.6 Å². The van der Waals surface area contributed by atoms with Crippen molar-refractivity contribution in [3.63, 3.8) is 0 Å². The number of hydrogen-bond acceptors (Lipinski definition) is 5. The van der Waals surface area contributed by atoms with E-state index in [0.29, 0.717) is 23.4 Å². The van der Waals surface area contributed by atoms with Crippen molar-refractivity contribution in [2.45, 2.75) is 26.0 Å². The Labute approximate surface area is 195 Å². The largest absolute Gasteiger partial charge is 0.472 e. The fourth-order valence-corrected chi connectivity index (χ4v) is 3.83. The van der Waals surface area contributed by atoms with E-state index in [0.717, 1.165) is 29.5 Å². The fraction of sp³-hybridized carbons (Fsp3) is 0.167. The molecule has 0 aliphatic carbocycles. The first-order valence-electron chi connectivity index (χ1n) is 10.5. The molecule has 0 aliphatic rings. The van der Waals surface area contributed by atoms with Gasteiger partial charge in [-0.25, -0.2) is 18.0 Å². The highest BCUT2D eigenvalue weighted by Gasteiger charge is 2.20. The maximum absolute atomic E-state index is 13.3. The predicted molar refractivity (Wildman–Crippen MR) is 123 cm³/mol. The predicted octanol–water partition coefficient (Wildman–Crippen LogP) is 3.79. The topological polar surface area (TPSA) is 123 Å². The van der Waals surface area contributed by atoms with E-state index in [4.69, 9.17) is 20.0 Å². The van der Waals surface area contributed by atoms with Gasteiger partial charge >= 0.3 is 7.82 Å². The molecule has 0 atom stereocenters. The molecule has 34 heavy (non-hydrogen) atoms. The first kappa shape index (κ1) is 23.8. The Morgan fingerprint density at radius 2 is 1.74 bits per heavy atom. The summed E-state index contributed by atoms with van der Waals surface area (Å²) >= 11 is 0. The van der Waals surface area contributed by atoms with Crippen LogP contribution in [0.15, 0.2) is 77.4 Å². The SMILES string of the molecule is Nc1c(-c2cc(Cc3ccc(CCc4cccc(F)c4)cc3)no2)ccc[n+]1COP(=O)(O)O. The van der Waals surface area contributed by atoms with Crippen LogP contribution in [0.1, 0.15) is 22.4 Å². The molecular formula is C24H24FN3O5P+. The van der Waals surface area contributed by atoms with Crippen molar-refractivity contribution in [1.29, 1.82) is 0 Å². The van der Waals surface area contributed by atoms with Crippen LogP contribution in [0.4, 0.5) is 10.2 Å². The van der Waals surface area contributed by atoms with Crippen molar-refractivity contribution >= 4 is 13.6 Å². The number of halogens is 1. The van der Waals surface area contributed by atoms with Crippen LogP contribution in [0, 0.1) is 5.82 Å². The normalized spacial score (nSPS) is 11.6. The van der Waals surface area contributed by atoms with Crippen molar-refractivity contribution in [2.24, 2.45) is 0 Å². The zero-order valence-corrected chi connectivity index (χ0v) is 19.1. The highest BCUT2D eigenvalue weighted by molar-refractivity contribution is 7.46. The minimum atomic E-state index is -4.63. The van der Waals surface area contributed by atoms with Crippen LogP contribution < -0.4 is 10.3 Å². The van der Waals surface area contributed by atoms with Crippen LogP contribution in [0.5, 0.6) is 0 Å². The number of phosphoric acid groups is 1. The van der Waals surface area contributed by atoms with Crippen LogP contribution in [-0.4, -0.2) is 14.9 Å². The van der Waals surface area contributed by atoms with Crippen molar-refractivity contribution in [1.82, 2.24) is 5.16 Å². The number of aromatic nitrogens is 2. The summed E-state index contributed by atoms with van der Waals surface area (Å²) < 4.78 is 35.6. The van der Waals surface area contributed by atoms with Crippen LogP contribution in [0.2, 0.25) is 0 Å². The average molecular weight is 484 g/mol. The van der Waals surface area contributed by atoms with Gasteiger partial charge in [0.1, 0.15) is 11.4 Å². The zero-order valence-electron chi connectivity index (χ0n) is 18.2. The lowest BCUT2D eigenvalue weighted by molar-refractivity contribution is -0.711. The van der Waals surface area contributed by atoms with Crippen molar-refractivity contribution in [3.05, 3.63) is 101 Å². The minimum Gasteiger partial charge on any atom is -0.356 e. The summed E-state index contributed by atoms with van der Waals surface area (Å²) in [6.07, 6.45) is 3.68. The highest BCUT2D eigenvalue weighted by Crippen LogP contribution is 2.35. The molecule has 4 N–H and O–H groups in total. The van der Waals surface area contributed by atoms with Gasteiger partial charge in [-0.15, -0.1) is 0 Å². The second-order valence-electron chi connectivity index (χ2n) is 7.83. The number of rotatable bonds is 9. The van der Waals surface area contributed by atoms with Crippen LogP contribution >= 0.6 is 7.82 Å². The third kappa shape index (κ3) is 6.36. The van der Waals surface area contributed by atoms with Gasteiger partial charge in [0, 0.05) is 12.5 Å². The molecule has 4 aromatic rings. The Morgan fingerprint density at radius 3 is 2.47 bits per heavy atom. The number of aryl methyl sites for hydroxylation is 2. The number of nitrogens with zero attached hydrogens (tertiary/aromatic N) is 2. The number of anilines is 1. The molecule has 10 heteroatoms. The van der Waals surface area contributed by atoms with Gasteiger partial charge in [0.25, 0.3) is 5.82 Å². The maximum Gasteiger partial charge on any atom is 0.472 e. The van der Waals surface area contributed by atoms with E-state index in [2.05, 4.69) is 21.8 Å². The van der Waals surface area contributed by atoms with E-state index >= 15 is 0 Å². The summed E-state index contributed by atoms with van der Waals surface area (Å²) in [7, 11) is -4.63. The highest BCUT2D eigenvalue weighted by atomic mass is 31.2. The van der Waals surface area contributed by atoms with Gasteiger partial charge < -0.3 is 14.3 Å². The molecule has 2 aromatic heterocycles. The van der Waals surface area contributed by atoms with Gasteiger partial charge in [0.2, 0.25) is 6.73 Å². The molecule has 0 unspecified atom stereocenters. The molecule has 0 spiro atoms. The van der Waals surface area contributed by atoms with Crippen molar-refractivity contribution in [2.75, 3.05) is 5.73 Å². The summed E-state index contributed by atoms with van der Waals surface area (Å²) in [5.74, 6) is 0.437. The van der Waals surface area contributed by atoms with Crippen molar-refractivity contribution in [3.8, 4) is 11.3 Å².